The number of nitrogens with zero attached hydrogens (tertiary/aromatic N) is 5. The number of rotatable bonds is 5. The van der Waals surface area contributed by atoms with Gasteiger partial charge in [-0.15, -0.1) is 0 Å². The summed E-state index contributed by atoms with van der Waals surface area (Å²) in [5.41, 5.74) is 2.77. The Balaban J connectivity index is 1.41. The van der Waals surface area contributed by atoms with Gasteiger partial charge in [0, 0.05) is 43.5 Å². The van der Waals surface area contributed by atoms with E-state index in [1.165, 1.54) is 18.2 Å². The first-order valence-electron chi connectivity index (χ1n) is 10.7. The van der Waals surface area contributed by atoms with Gasteiger partial charge in [-0.25, -0.2) is 13.8 Å². The highest BCUT2D eigenvalue weighted by Gasteiger charge is 2.28. The molecule has 1 aliphatic rings. The van der Waals surface area contributed by atoms with E-state index in [2.05, 4.69) is 20.1 Å². The quantitative estimate of drug-likeness (QED) is 0.489. The molecule has 0 atom stereocenters. The number of nitrogens with one attached hydrogen (secondary N) is 1. The fourth-order valence-electron chi connectivity index (χ4n) is 4.37. The maximum absolute atomic E-state index is 14.0. The molecule has 0 amide bonds. The lowest BCUT2D eigenvalue weighted by Gasteiger charge is -2.29. The lowest BCUT2D eigenvalue weighted by Crippen LogP contribution is -2.26. The van der Waals surface area contributed by atoms with Crippen LogP contribution >= 0.6 is 0 Å². The third-order valence-corrected chi connectivity index (χ3v) is 6.02. The zero-order valence-corrected chi connectivity index (χ0v) is 17.9. The monoisotopic (exact) mass is 438 g/mol. The van der Waals surface area contributed by atoms with Gasteiger partial charge in [0.2, 0.25) is 0 Å². The van der Waals surface area contributed by atoms with Crippen LogP contribution in [0.5, 0.6) is 5.75 Å². The van der Waals surface area contributed by atoms with Crippen LogP contribution in [0.1, 0.15) is 31.7 Å². The summed E-state index contributed by atoms with van der Waals surface area (Å²) in [6.45, 7) is 0. The van der Waals surface area contributed by atoms with Crippen molar-refractivity contribution in [3.63, 3.8) is 0 Å². The molecule has 3 aromatic heterocycles. The molecule has 0 unspecified atom stereocenters. The lowest BCUT2D eigenvalue weighted by molar-refractivity contribution is 0.121. The molecule has 1 N–H and O–H groups in total. The molecular formula is C23H24F2N6O. The SMILES string of the molecule is CNc1cc2c(cn1)c(-c1cnn(C)c1)nn2[C@H]1CC[C@@H](Oc2c(F)cccc2F)CC1. The highest BCUT2D eigenvalue weighted by molar-refractivity contribution is 5.93. The van der Waals surface area contributed by atoms with Crippen molar-refractivity contribution in [3.05, 3.63) is 54.5 Å². The third kappa shape index (κ3) is 3.68. The number of aromatic nitrogens is 5. The van der Waals surface area contributed by atoms with Crippen LogP contribution in [0.25, 0.3) is 22.2 Å². The summed E-state index contributed by atoms with van der Waals surface area (Å²) in [5, 5.41) is 13.3. The van der Waals surface area contributed by atoms with Crippen molar-refractivity contribution in [2.45, 2.75) is 37.8 Å². The molecule has 0 spiro atoms. The zero-order chi connectivity index (χ0) is 22.2. The van der Waals surface area contributed by atoms with E-state index in [1.54, 1.807) is 10.9 Å². The number of halogens is 2. The van der Waals surface area contributed by atoms with Crippen molar-refractivity contribution in [1.29, 1.82) is 0 Å². The Morgan fingerprint density at radius 3 is 2.50 bits per heavy atom. The van der Waals surface area contributed by atoms with E-state index in [-0.39, 0.29) is 17.9 Å². The fourth-order valence-corrected chi connectivity index (χ4v) is 4.37. The van der Waals surface area contributed by atoms with Gasteiger partial charge in [-0.3, -0.25) is 9.36 Å². The molecule has 7 nitrogen and oxygen atoms in total. The van der Waals surface area contributed by atoms with Gasteiger partial charge in [0.15, 0.2) is 17.4 Å². The molecule has 0 radical (unpaired) electrons. The van der Waals surface area contributed by atoms with Gasteiger partial charge in [0.25, 0.3) is 0 Å². The predicted octanol–water partition coefficient (Wildman–Crippen LogP) is 4.71. The predicted molar refractivity (Wildman–Crippen MR) is 118 cm³/mol. The minimum atomic E-state index is -0.668. The Labute approximate surface area is 184 Å². The number of fused-ring (bicyclic) bond motifs is 1. The maximum atomic E-state index is 14.0. The van der Waals surface area contributed by atoms with Crippen molar-refractivity contribution in [2.75, 3.05) is 12.4 Å². The number of aryl methyl sites for hydroxylation is 1. The first kappa shape index (κ1) is 20.4. The smallest absolute Gasteiger partial charge is 0.191 e. The number of para-hydroxylation sites is 1. The zero-order valence-electron chi connectivity index (χ0n) is 17.9. The summed E-state index contributed by atoms with van der Waals surface area (Å²) >= 11 is 0. The molecule has 4 aromatic rings. The van der Waals surface area contributed by atoms with Crippen LogP contribution in [0, 0.1) is 11.6 Å². The molecule has 5 rings (SSSR count). The topological polar surface area (TPSA) is 69.8 Å². The second-order valence-corrected chi connectivity index (χ2v) is 8.13. The molecule has 1 saturated carbocycles. The Kier molecular flexibility index (Phi) is 5.24. The van der Waals surface area contributed by atoms with Gasteiger partial charge >= 0.3 is 0 Å². The molecule has 1 fully saturated rings. The van der Waals surface area contributed by atoms with Crippen LogP contribution in [0.4, 0.5) is 14.6 Å². The second kappa shape index (κ2) is 8.22. The molecule has 9 heteroatoms. The average Bonchev–Trinajstić information content (AvgIpc) is 3.40. The summed E-state index contributed by atoms with van der Waals surface area (Å²) in [7, 11) is 3.71. The van der Waals surface area contributed by atoms with Gasteiger partial charge in [-0.1, -0.05) is 6.07 Å². The van der Waals surface area contributed by atoms with Gasteiger partial charge in [-0.2, -0.15) is 10.2 Å². The molecule has 0 bridgehead atoms. The number of benzene rings is 1. The van der Waals surface area contributed by atoms with Crippen molar-refractivity contribution < 1.29 is 13.5 Å². The number of ether oxygens (including phenoxy) is 1. The fraction of sp³-hybridized carbons (Fsp3) is 0.348. The number of hydrogen-bond acceptors (Lipinski definition) is 5. The Bertz CT molecular complexity index is 1240. The standard InChI is InChI=1S/C23H24F2N6O/c1-26-21-10-20-17(12-27-21)22(14-11-28-30(2)13-14)29-31(20)15-6-8-16(9-7-15)32-23-18(24)4-3-5-19(23)25/h3-5,10-13,15-16H,6-9H2,1-2H3,(H,26,27)/t15-,16+. The van der Waals surface area contributed by atoms with E-state index < -0.39 is 11.6 Å². The van der Waals surface area contributed by atoms with Crippen LogP contribution in [-0.4, -0.2) is 37.7 Å². The Hall–Kier alpha value is -3.49. The molecule has 0 aliphatic heterocycles. The van der Waals surface area contributed by atoms with E-state index in [0.29, 0.717) is 12.8 Å². The minimum Gasteiger partial charge on any atom is -0.484 e. The van der Waals surface area contributed by atoms with Crippen LogP contribution < -0.4 is 10.1 Å². The van der Waals surface area contributed by atoms with Gasteiger partial charge in [-0.05, 0) is 37.8 Å². The number of hydrogen-bond donors (Lipinski definition) is 1. The largest absolute Gasteiger partial charge is 0.484 e. The minimum absolute atomic E-state index is 0.153. The van der Waals surface area contributed by atoms with Crippen LogP contribution in [0.15, 0.2) is 42.9 Å². The summed E-state index contributed by atoms with van der Waals surface area (Å²) < 4.78 is 37.4. The van der Waals surface area contributed by atoms with Crippen LogP contribution in [-0.2, 0) is 7.05 Å². The maximum Gasteiger partial charge on any atom is 0.191 e. The lowest BCUT2D eigenvalue weighted by atomic mass is 9.93. The summed E-state index contributed by atoms with van der Waals surface area (Å²) in [5.74, 6) is -0.857. The van der Waals surface area contributed by atoms with Crippen LogP contribution in [0.3, 0.4) is 0 Å². The molecule has 32 heavy (non-hydrogen) atoms. The molecule has 3 heterocycles. The van der Waals surface area contributed by atoms with Gasteiger partial charge in [0.05, 0.1) is 23.9 Å². The van der Waals surface area contributed by atoms with E-state index in [0.717, 1.165) is 40.8 Å². The third-order valence-electron chi connectivity index (χ3n) is 6.02. The van der Waals surface area contributed by atoms with Crippen LogP contribution in [0.2, 0.25) is 0 Å². The molecule has 1 aliphatic carbocycles. The van der Waals surface area contributed by atoms with E-state index in [4.69, 9.17) is 9.84 Å². The molecular weight excluding hydrogens is 414 g/mol. The van der Waals surface area contributed by atoms with E-state index >= 15 is 0 Å². The van der Waals surface area contributed by atoms with Gasteiger partial charge in [0.1, 0.15) is 11.5 Å². The summed E-state index contributed by atoms with van der Waals surface area (Å²) in [6, 6.07) is 5.92. The Morgan fingerprint density at radius 2 is 1.84 bits per heavy atom. The number of pyridine rings is 1. The normalized spacial score (nSPS) is 18.8. The van der Waals surface area contributed by atoms with Gasteiger partial charge < -0.3 is 10.1 Å². The highest BCUT2D eigenvalue weighted by atomic mass is 19.1. The highest BCUT2D eigenvalue weighted by Crippen LogP contribution is 2.37. The van der Waals surface area contributed by atoms with E-state index in [9.17, 15) is 8.78 Å². The van der Waals surface area contributed by atoms with Crippen molar-refractivity contribution in [3.8, 4) is 17.0 Å². The van der Waals surface area contributed by atoms with Crippen molar-refractivity contribution >= 4 is 16.7 Å². The first-order chi connectivity index (χ1) is 15.5. The van der Waals surface area contributed by atoms with Crippen molar-refractivity contribution in [1.82, 2.24) is 24.5 Å². The first-order valence-corrected chi connectivity index (χ1v) is 10.7. The summed E-state index contributed by atoms with van der Waals surface area (Å²) in [4.78, 5) is 4.47. The van der Waals surface area contributed by atoms with Crippen molar-refractivity contribution in [2.24, 2.45) is 7.05 Å². The van der Waals surface area contributed by atoms with E-state index in [1.807, 2.05) is 32.6 Å². The number of anilines is 1. The molecule has 166 valence electrons. The Morgan fingerprint density at radius 1 is 1.09 bits per heavy atom. The second-order valence-electron chi connectivity index (χ2n) is 8.13. The molecule has 1 aromatic carbocycles. The summed E-state index contributed by atoms with van der Waals surface area (Å²) in [6.07, 6.45) is 8.30. The molecule has 0 saturated heterocycles. The average molecular weight is 438 g/mol.